The molecular formula is C15H15FN2O. The fraction of sp³-hybridized carbons (Fsp3) is 0.133. The van der Waals surface area contributed by atoms with Crippen molar-refractivity contribution in [1.82, 2.24) is 0 Å². The van der Waals surface area contributed by atoms with Gasteiger partial charge in [0.2, 0.25) is 0 Å². The van der Waals surface area contributed by atoms with Crippen LogP contribution < -0.4 is 11.1 Å². The second kappa shape index (κ2) is 5.10. The number of benzene rings is 2. The maximum Gasteiger partial charge on any atom is 0.258 e. The number of carbonyl (C=O) groups excluding carboxylic acids is 1. The lowest BCUT2D eigenvalue weighted by molar-refractivity contribution is 0.102. The molecule has 1 amide bonds. The minimum atomic E-state index is -0.622. The summed E-state index contributed by atoms with van der Waals surface area (Å²) in [4.78, 5) is 12.1. The zero-order valence-electron chi connectivity index (χ0n) is 10.8. The monoisotopic (exact) mass is 258 g/mol. The van der Waals surface area contributed by atoms with Crippen LogP contribution in [0.15, 0.2) is 36.4 Å². The van der Waals surface area contributed by atoms with Crippen molar-refractivity contribution in [3.05, 3.63) is 58.9 Å². The number of nitrogens with two attached hydrogens (primary N) is 1. The first-order valence-electron chi connectivity index (χ1n) is 5.91. The first kappa shape index (κ1) is 13.1. The number of nitrogen functional groups attached to an aromatic ring is 1. The van der Waals surface area contributed by atoms with Gasteiger partial charge in [-0.05, 0) is 43.2 Å². The van der Waals surface area contributed by atoms with Crippen LogP contribution in [-0.4, -0.2) is 5.91 Å². The summed E-state index contributed by atoms with van der Waals surface area (Å²) in [6.07, 6.45) is 0. The standard InChI is InChI=1S/C15H15FN2O/c1-9-4-3-5-10(2)14(9)18-15(19)12-7-6-11(17)8-13(12)16/h3-8H,17H2,1-2H3,(H,18,19). The Morgan fingerprint density at radius 2 is 1.79 bits per heavy atom. The lowest BCUT2D eigenvalue weighted by Gasteiger charge is -2.12. The predicted octanol–water partition coefficient (Wildman–Crippen LogP) is 3.28. The van der Waals surface area contributed by atoms with Gasteiger partial charge in [-0.1, -0.05) is 18.2 Å². The van der Waals surface area contributed by atoms with Gasteiger partial charge in [0.25, 0.3) is 5.91 Å². The van der Waals surface area contributed by atoms with Crippen molar-refractivity contribution < 1.29 is 9.18 Å². The Morgan fingerprint density at radius 1 is 1.16 bits per heavy atom. The van der Waals surface area contributed by atoms with Gasteiger partial charge >= 0.3 is 0 Å². The predicted molar refractivity (Wildman–Crippen MR) is 74.7 cm³/mol. The largest absolute Gasteiger partial charge is 0.399 e. The minimum Gasteiger partial charge on any atom is -0.399 e. The SMILES string of the molecule is Cc1cccc(C)c1NC(=O)c1ccc(N)cc1F. The zero-order chi connectivity index (χ0) is 14.0. The van der Waals surface area contributed by atoms with Crippen LogP contribution in [0.2, 0.25) is 0 Å². The fourth-order valence-electron chi connectivity index (χ4n) is 1.91. The van der Waals surface area contributed by atoms with Crippen LogP contribution in [0.3, 0.4) is 0 Å². The van der Waals surface area contributed by atoms with E-state index in [-0.39, 0.29) is 5.56 Å². The molecule has 0 saturated carbocycles. The van der Waals surface area contributed by atoms with E-state index in [4.69, 9.17) is 5.73 Å². The average molecular weight is 258 g/mol. The van der Waals surface area contributed by atoms with E-state index in [0.717, 1.165) is 17.2 Å². The van der Waals surface area contributed by atoms with E-state index < -0.39 is 11.7 Å². The topological polar surface area (TPSA) is 55.1 Å². The number of carbonyl (C=O) groups is 1. The van der Waals surface area contributed by atoms with Crippen molar-refractivity contribution in [3.8, 4) is 0 Å². The van der Waals surface area contributed by atoms with Crippen molar-refractivity contribution in [2.24, 2.45) is 0 Å². The van der Waals surface area contributed by atoms with Gasteiger partial charge in [-0.2, -0.15) is 0 Å². The second-order valence-corrected chi connectivity index (χ2v) is 4.46. The van der Waals surface area contributed by atoms with Crippen molar-refractivity contribution in [2.75, 3.05) is 11.1 Å². The Kier molecular flexibility index (Phi) is 3.51. The number of hydrogen-bond acceptors (Lipinski definition) is 2. The third kappa shape index (κ3) is 2.73. The number of para-hydroxylation sites is 1. The molecule has 0 aliphatic rings. The summed E-state index contributed by atoms with van der Waals surface area (Å²) < 4.78 is 13.7. The molecule has 2 rings (SSSR count). The van der Waals surface area contributed by atoms with E-state index in [1.807, 2.05) is 32.0 Å². The Bertz CT molecular complexity index is 618. The summed E-state index contributed by atoms with van der Waals surface area (Å²) in [6, 6.07) is 9.71. The molecule has 3 nitrogen and oxygen atoms in total. The van der Waals surface area contributed by atoms with E-state index in [0.29, 0.717) is 11.4 Å². The zero-order valence-corrected chi connectivity index (χ0v) is 10.8. The number of anilines is 2. The normalized spacial score (nSPS) is 10.3. The van der Waals surface area contributed by atoms with Gasteiger partial charge in [-0.25, -0.2) is 4.39 Å². The summed E-state index contributed by atoms with van der Waals surface area (Å²) in [5.41, 5.74) is 8.31. The van der Waals surface area contributed by atoms with Crippen molar-refractivity contribution in [3.63, 3.8) is 0 Å². The third-order valence-electron chi connectivity index (χ3n) is 2.96. The van der Waals surface area contributed by atoms with Gasteiger partial charge in [0, 0.05) is 11.4 Å². The van der Waals surface area contributed by atoms with Crippen molar-refractivity contribution in [1.29, 1.82) is 0 Å². The lowest BCUT2D eigenvalue weighted by Crippen LogP contribution is -2.15. The number of hydrogen-bond donors (Lipinski definition) is 2. The second-order valence-electron chi connectivity index (χ2n) is 4.46. The Balaban J connectivity index is 2.31. The fourth-order valence-corrected chi connectivity index (χ4v) is 1.91. The summed E-state index contributed by atoms with van der Waals surface area (Å²) in [5.74, 6) is -1.10. The molecule has 0 bridgehead atoms. The van der Waals surface area contributed by atoms with Crippen LogP contribution in [0.25, 0.3) is 0 Å². The molecule has 0 aliphatic carbocycles. The van der Waals surface area contributed by atoms with Gasteiger partial charge in [0.1, 0.15) is 5.82 Å². The molecule has 0 aromatic heterocycles. The lowest BCUT2D eigenvalue weighted by atomic mass is 10.1. The molecule has 3 N–H and O–H groups in total. The van der Waals surface area contributed by atoms with Crippen LogP contribution >= 0.6 is 0 Å². The van der Waals surface area contributed by atoms with Crippen molar-refractivity contribution >= 4 is 17.3 Å². The van der Waals surface area contributed by atoms with Gasteiger partial charge in [-0.15, -0.1) is 0 Å². The number of aryl methyl sites for hydroxylation is 2. The molecule has 4 heteroatoms. The van der Waals surface area contributed by atoms with Crippen LogP contribution in [-0.2, 0) is 0 Å². The van der Waals surface area contributed by atoms with Gasteiger partial charge in [-0.3, -0.25) is 4.79 Å². The van der Waals surface area contributed by atoms with Gasteiger partial charge in [0.05, 0.1) is 5.56 Å². The summed E-state index contributed by atoms with van der Waals surface area (Å²) in [7, 11) is 0. The molecule has 0 fully saturated rings. The quantitative estimate of drug-likeness (QED) is 0.812. The Morgan fingerprint density at radius 3 is 2.37 bits per heavy atom. The third-order valence-corrected chi connectivity index (χ3v) is 2.96. The number of halogens is 1. The molecule has 19 heavy (non-hydrogen) atoms. The van der Waals surface area contributed by atoms with Gasteiger partial charge in [0.15, 0.2) is 0 Å². The van der Waals surface area contributed by atoms with Gasteiger partial charge < -0.3 is 11.1 Å². The molecule has 2 aromatic carbocycles. The molecule has 0 spiro atoms. The first-order chi connectivity index (χ1) is 8.99. The van der Waals surface area contributed by atoms with Crippen LogP contribution in [0.4, 0.5) is 15.8 Å². The summed E-state index contributed by atoms with van der Waals surface area (Å²) in [6.45, 7) is 3.78. The average Bonchev–Trinajstić information content (AvgIpc) is 2.33. The molecule has 0 saturated heterocycles. The Labute approximate surface area is 111 Å². The molecule has 0 aliphatic heterocycles. The maximum atomic E-state index is 13.7. The number of nitrogens with one attached hydrogen (secondary N) is 1. The highest BCUT2D eigenvalue weighted by Gasteiger charge is 2.13. The summed E-state index contributed by atoms with van der Waals surface area (Å²) in [5, 5.41) is 2.74. The molecule has 98 valence electrons. The number of amides is 1. The molecule has 2 aromatic rings. The molecule has 0 unspecified atom stereocenters. The molecule has 0 radical (unpaired) electrons. The van der Waals surface area contributed by atoms with Crippen LogP contribution in [0.1, 0.15) is 21.5 Å². The van der Waals surface area contributed by atoms with Crippen LogP contribution in [0, 0.1) is 19.7 Å². The Hall–Kier alpha value is -2.36. The molecular weight excluding hydrogens is 243 g/mol. The summed E-state index contributed by atoms with van der Waals surface area (Å²) >= 11 is 0. The van der Waals surface area contributed by atoms with E-state index >= 15 is 0 Å². The highest BCUT2D eigenvalue weighted by atomic mass is 19.1. The number of rotatable bonds is 2. The van der Waals surface area contributed by atoms with E-state index in [9.17, 15) is 9.18 Å². The maximum absolute atomic E-state index is 13.7. The highest BCUT2D eigenvalue weighted by molar-refractivity contribution is 6.05. The molecule has 0 atom stereocenters. The smallest absolute Gasteiger partial charge is 0.258 e. The molecule has 0 heterocycles. The minimum absolute atomic E-state index is 0.0168. The van der Waals surface area contributed by atoms with Crippen molar-refractivity contribution in [2.45, 2.75) is 13.8 Å². The van der Waals surface area contributed by atoms with E-state index in [1.165, 1.54) is 12.1 Å². The van der Waals surface area contributed by atoms with E-state index in [1.54, 1.807) is 0 Å². The van der Waals surface area contributed by atoms with E-state index in [2.05, 4.69) is 5.32 Å². The van der Waals surface area contributed by atoms with Crippen LogP contribution in [0.5, 0.6) is 0 Å². The highest BCUT2D eigenvalue weighted by Crippen LogP contribution is 2.21. The first-order valence-corrected chi connectivity index (χ1v) is 5.91.